The molecule has 2 rings (SSSR count). The van der Waals surface area contributed by atoms with E-state index in [1.54, 1.807) is 6.20 Å². The first-order valence-electron chi connectivity index (χ1n) is 5.55. The highest BCUT2D eigenvalue weighted by Crippen LogP contribution is 2.27. The zero-order valence-corrected chi connectivity index (χ0v) is 10.7. The largest absolute Gasteiger partial charge is 0.324 e. The minimum Gasteiger partial charge on any atom is -0.324 e. The van der Waals surface area contributed by atoms with Gasteiger partial charge in [0.25, 0.3) is 0 Å². The van der Waals surface area contributed by atoms with Crippen molar-refractivity contribution in [1.82, 2.24) is 4.98 Å². The van der Waals surface area contributed by atoms with Gasteiger partial charge >= 0.3 is 0 Å². The van der Waals surface area contributed by atoms with Crippen molar-refractivity contribution >= 4 is 11.6 Å². The van der Waals surface area contributed by atoms with Crippen LogP contribution in [0.25, 0.3) is 11.1 Å². The van der Waals surface area contributed by atoms with Crippen molar-refractivity contribution in [3.8, 4) is 11.1 Å². The lowest BCUT2D eigenvalue weighted by Crippen LogP contribution is -2.05. The van der Waals surface area contributed by atoms with Crippen LogP contribution in [-0.4, -0.2) is 4.98 Å². The fourth-order valence-electron chi connectivity index (χ4n) is 1.76. The monoisotopic (exact) mass is 246 g/mol. The van der Waals surface area contributed by atoms with Crippen molar-refractivity contribution in [2.75, 3.05) is 0 Å². The minimum absolute atomic E-state index is 0.0121. The van der Waals surface area contributed by atoms with Gasteiger partial charge in [0.15, 0.2) is 0 Å². The summed E-state index contributed by atoms with van der Waals surface area (Å²) in [7, 11) is 0. The summed E-state index contributed by atoms with van der Waals surface area (Å²) < 4.78 is 0. The van der Waals surface area contributed by atoms with E-state index in [9.17, 15) is 0 Å². The average molecular weight is 247 g/mol. The van der Waals surface area contributed by atoms with Gasteiger partial charge < -0.3 is 5.73 Å². The van der Waals surface area contributed by atoms with Gasteiger partial charge in [-0.05, 0) is 48.7 Å². The Morgan fingerprint density at radius 1 is 1.24 bits per heavy atom. The van der Waals surface area contributed by atoms with Crippen LogP contribution >= 0.6 is 11.6 Å². The van der Waals surface area contributed by atoms with Gasteiger partial charge in [0.1, 0.15) is 0 Å². The van der Waals surface area contributed by atoms with Crippen LogP contribution in [0.15, 0.2) is 36.7 Å². The first kappa shape index (κ1) is 12.1. The van der Waals surface area contributed by atoms with Crippen molar-refractivity contribution in [2.45, 2.75) is 19.9 Å². The smallest absolute Gasteiger partial charge is 0.0412 e. The van der Waals surface area contributed by atoms with Crippen LogP contribution in [0.2, 0.25) is 5.02 Å². The van der Waals surface area contributed by atoms with Crippen LogP contribution in [0.4, 0.5) is 0 Å². The molecule has 1 aromatic heterocycles. The molecule has 0 aliphatic carbocycles. The minimum atomic E-state index is -0.0121. The molecular weight excluding hydrogens is 232 g/mol. The Morgan fingerprint density at radius 3 is 2.71 bits per heavy atom. The molecule has 3 heteroatoms. The van der Waals surface area contributed by atoms with E-state index in [4.69, 9.17) is 17.3 Å². The molecule has 2 nitrogen and oxygen atoms in total. The molecule has 1 heterocycles. The van der Waals surface area contributed by atoms with Crippen LogP contribution in [0.5, 0.6) is 0 Å². The second kappa shape index (κ2) is 4.86. The van der Waals surface area contributed by atoms with E-state index in [1.165, 1.54) is 5.56 Å². The molecule has 88 valence electrons. The van der Waals surface area contributed by atoms with Crippen molar-refractivity contribution in [3.63, 3.8) is 0 Å². The Balaban J connectivity index is 2.52. The summed E-state index contributed by atoms with van der Waals surface area (Å²) in [6.45, 7) is 4.01. The Morgan fingerprint density at radius 2 is 2.00 bits per heavy atom. The lowest BCUT2D eigenvalue weighted by Gasteiger charge is -2.10. The first-order valence-corrected chi connectivity index (χ1v) is 5.93. The summed E-state index contributed by atoms with van der Waals surface area (Å²) in [6.07, 6.45) is 3.64. The molecule has 2 N–H and O–H groups in total. The SMILES string of the molecule is Cc1ccc(Cl)cc1-c1cncc(C(C)N)c1. The summed E-state index contributed by atoms with van der Waals surface area (Å²) in [6, 6.07) is 7.91. The van der Waals surface area contributed by atoms with Gasteiger partial charge in [-0.25, -0.2) is 0 Å². The fourth-order valence-corrected chi connectivity index (χ4v) is 1.93. The van der Waals surface area contributed by atoms with Crippen LogP contribution in [-0.2, 0) is 0 Å². The number of aromatic nitrogens is 1. The molecule has 0 saturated heterocycles. The van der Waals surface area contributed by atoms with Gasteiger partial charge in [-0.15, -0.1) is 0 Å². The normalized spacial score (nSPS) is 12.5. The Hall–Kier alpha value is -1.38. The van der Waals surface area contributed by atoms with E-state index >= 15 is 0 Å². The van der Waals surface area contributed by atoms with Crippen LogP contribution < -0.4 is 5.73 Å². The first-order chi connectivity index (χ1) is 8.08. The highest BCUT2D eigenvalue weighted by molar-refractivity contribution is 6.30. The number of nitrogens with zero attached hydrogens (tertiary/aromatic N) is 1. The van der Waals surface area contributed by atoms with Crippen LogP contribution in [0.1, 0.15) is 24.1 Å². The summed E-state index contributed by atoms with van der Waals surface area (Å²) in [5.74, 6) is 0. The molecule has 1 aromatic carbocycles. The highest BCUT2D eigenvalue weighted by Gasteiger charge is 2.06. The number of hydrogen-bond donors (Lipinski definition) is 1. The fraction of sp³-hybridized carbons (Fsp3) is 0.214. The lowest BCUT2D eigenvalue weighted by molar-refractivity contribution is 0.812. The predicted octanol–water partition coefficient (Wildman–Crippen LogP) is 3.73. The molecule has 0 aliphatic rings. The van der Waals surface area contributed by atoms with E-state index in [0.29, 0.717) is 0 Å². The molecule has 1 unspecified atom stereocenters. The van der Waals surface area contributed by atoms with Crippen molar-refractivity contribution < 1.29 is 0 Å². The van der Waals surface area contributed by atoms with Gasteiger partial charge in [0.2, 0.25) is 0 Å². The third kappa shape index (κ3) is 2.65. The number of pyridine rings is 1. The molecule has 0 saturated carbocycles. The molecule has 0 bridgehead atoms. The van der Waals surface area contributed by atoms with Gasteiger partial charge in [-0.1, -0.05) is 17.7 Å². The maximum absolute atomic E-state index is 6.02. The Labute approximate surface area is 106 Å². The maximum atomic E-state index is 6.02. The second-order valence-corrected chi connectivity index (χ2v) is 4.69. The summed E-state index contributed by atoms with van der Waals surface area (Å²) in [4.78, 5) is 4.23. The van der Waals surface area contributed by atoms with E-state index in [2.05, 4.69) is 18.0 Å². The zero-order chi connectivity index (χ0) is 12.4. The molecule has 0 amide bonds. The van der Waals surface area contributed by atoms with Gasteiger partial charge in [0.05, 0.1) is 0 Å². The van der Waals surface area contributed by atoms with Crippen molar-refractivity contribution in [3.05, 3.63) is 52.8 Å². The quantitative estimate of drug-likeness (QED) is 0.877. The van der Waals surface area contributed by atoms with Gasteiger partial charge in [0, 0.05) is 29.0 Å². The summed E-state index contributed by atoms with van der Waals surface area (Å²) in [5.41, 5.74) is 10.2. The molecule has 0 spiro atoms. The van der Waals surface area contributed by atoms with Crippen molar-refractivity contribution in [2.24, 2.45) is 5.73 Å². The number of halogens is 1. The third-order valence-corrected chi connectivity index (χ3v) is 3.03. The molecule has 0 radical (unpaired) electrons. The Kier molecular flexibility index (Phi) is 3.46. The van der Waals surface area contributed by atoms with Crippen molar-refractivity contribution in [1.29, 1.82) is 0 Å². The molecular formula is C14H15ClN2. The van der Waals surface area contributed by atoms with Crippen LogP contribution in [0, 0.1) is 6.92 Å². The zero-order valence-electron chi connectivity index (χ0n) is 9.94. The summed E-state index contributed by atoms with van der Waals surface area (Å²) >= 11 is 6.02. The number of aryl methyl sites for hydroxylation is 1. The topological polar surface area (TPSA) is 38.9 Å². The average Bonchev–Trinajstić information content (AvgIpc) is 2.32. The molecule has 2 aromatic rings. The molecule has 0 fully saturated rings. The Bertz CT molecular complexity index is 535. The van der Waals surface area contributed by atoms with E-state index < -0.39 is 0 Å². The number of benzene rings is 1. The van der Waals surface area contributed by atoms with Gasteiger partial charge in [-0.2, -0.15) is 0 Å². The number of rotatable bonds is 2. The van der Waals surface area contributed by atoms with E-state index in [-0.39, 0.29) is 6.04 Å². The molecule has 0 aliphatic heterocycles. The standard InChI is InChI=1S/C14H15ClN2/c1-9-3-4-13(15)6-14(9)12-5-11(10(2)16)7-17-8-12/h3-8,10H,16H2,1-2H3. The molecule has 1 atom stereocenters. The lowest BCUT2D eigenvalue weighted by atomic mass is 10.00. The highest BCUT2D eigenvalue weighted by atomic mass is 35.5. The summed E-state index contributed by atoms with van der Waals surface area (Å²) in [5, 5.41) is 0.733. The predicted molar refractivity (Wildman–Crippen MR) is 72.0 cm³/mol. The number of hydrogen-bond acceptors (Lipinski definition) is 2. The third-order valence-electron chi connectivity index (χ3n) is 2.80. The second-order valence-electron chi connectivity index (χ2n) is 4.25. The van der Waals surface area contributed by atoms with E-state index in [0.717, 1.165) is 21.7 Å². The number of nitrogens with two attached hydrogens (primary N) is 1. The van der Waals surface area contributed by atoms with E-state index in [1.807, 2.05) is 31.3 Å². The van der Waals surface area contributed by atoms with Gasteiger partial charge in [-0.3, -0.25) is 4.98 Å². The molecule has 17 heavy (non-hydrogen) atoms. The maximum Gasteiger partial charge on any atom is 0.0412 e. The van der Waals surface area contributed by atoms with Crippen LogP contribution in [0.3, 0.4) is 0 Å².